The standard InChI is InChI=1S/C14H22BrN3O2/c1-4-20-13(19)14(3,17-12-5-6-12)7-10(2)18-9-11(15)8-16-18/h8-10,12,17H,4-7H2,1-3H3. The average Bonchev–Trinajstić information content (AvgIpc) is 3.07. The van der Waals surface area contributed by atoms with Crippen molar-refractivity contribution >= 4 is 21.9 Å². The second kappa shape index (κ2) is 6.26. The number of ether oxygens (including phenoxy) is 1. The van der Waals surface area contributed by atoms with Crippen molar-refractivity contribution in [2.45, 2.75) is 57.7 Å². The summed E-state index contributed by atoms with van der Waals surface area (Å²) in [4.78, 5) is 12.3. The van der Waals surface area contributed by atoms with Crippen molar-refractivity contribution in [3.63, 3.8) is 0 Å². The number of rotatable bonds is 7. The molecule has 0 bridgehead atoms. The van der Waals surface area contributed by atoms with Crippen molar-refractivity contribution in [3.05, 3.63) is 16.9 Å². The number of hydrogen-bond acceptors (Lipinski definition) is 4. The van der Waals surface area contributed by atoms with Crippen LogP contribution in [0.4, 0.5) is 0 Å². The molecule has 1 N–H and O–H groups in total. The minimum absolute atomic E-state index is 0.113. The lowest BCUT2D eigenvalue weighted by Crippen LogP contribution is -2.52. The molecule has 0 amide bonds. The van der Waals surface area contributed by atoms with E-state index in [0.717, 1.165) is 17.3 Å². The molecule has 0 aromatic carbocycles. The molecule has 2 unspecified atom stereocenters. The van der Waals surface area contributed by atoms with Crippen LogP contribution in [0, 0.1) is 0 Å². The third-order valence-electron chi connectivity index (χ3n) is 3.55. The molecule has 20 heavy (non-hydrogen) atoms. The summed E-state index contributed by atoms with van der Waals surface area (Å²) in [5.74, 6) is -0.176. The summed E-state index contributed by atoms with van der Waals surface area (Å²) in [5.41, 5.74) is -0.658. The van der Waals surface area contributed by atoms with Gasteiger partial charge >= 0.3 is 5.97 Å². The van der Waals surface area contributed by atoms with Crippen LogP contribution in [0.2, 0.25) is 0 Å². The highest BCUT2D eigenvalue weighted by atomic mass is 79.9. The molecule has 6 heteroatoms. The third-order valence-corrected chi connectivity index (χ3v) is 3.96. The zero-order chi connectivity index (χ0) is 14.8. The number of carbonyl (C=O) groups excluding carboxylic acids is 1. The van der Waals surface area contributed by atoms with E-state index in [0.29, 0.717) is 19.1 Å². The summed E-state index contributed by atoms with van der Waals surface area (Å²) in [5, 5.41) is 7.72. The van der Waals surface area contributed by atoms with Crippen LogP contribution in [0.1, 0.15) is 46.1 Å². The Morgan fingerprint density at radius 1 is 1.70 bits per heavy atom. The molecule has 0 radical (unpaired) electrons. The second-order valence-corrected chi connectivity index (χ2v) is 6.58. The largest absolute Gasteiger partial charge is 0.465 e. The first kappa shape index (κ1) is 15.5. The van der Waals surface area contributed by atoms with Gasteiger partial charge in [0.1, 0.15) is 5.54 Å². The molecule has 0 spiro atoms. The molecule has 2 atom stereocenters. The van der Waals surface area contributed by atoms with Gasteiger partial charge in [-0.3, -0.25) is 14.8 Å². The third kappa shape index (κ3) is 3.82. The smallest absolute Gasteiger partial charge is 0.326 e. The molecule has 5 nitrogen and oxygen atoms in total. The number of nitrogens with one attached hydrogen (secondary N) is 1. The van der Waals surface area contributed by atoms with Crippen molar-refractivity contribution in [1.82, 2.24) is 15.1 Å². The highest BCUT2D eigenvalue weighted by molar-refractivity contribution is 9.10. The van der Waals surface area contributed by atoms with Gasteiger partial charge in [-0.25, -0.2) is 0 Å². The van der Waals surface area contributed by atoms with E-state index in [1.165, 1.54) is 0 Å². The van der Waals surface area contributed by atoms with Gasteiger partial charge in [0, 0.05) is 12.2 Å². The topological polar surface area (TPSA) is 56.2 Å². The van der Waals surface area contributed by atoms with E-state index in [-0.39, 0.29) is 12.0 Å². The monoisotopic (exact) mass is 343 g/mol. The first-order valence-corrected chi connectivity index (χ1v) is 7.88. The maximum absolute atomic E-state index is 12.3. The maximum Gasteiger partial charge on any atom is 0.326 e. The minimum Gasteiger partial charge on any atom is -0.465 e. The maximum atomic E-state index is 12.3. The highest BCUT2D eigenvalue weighted by Crippen LogP contribution is 2.28. The molecule has 112 valence electrons. The minimum atomic E-state index is -0.658. The van der Waals surface area contributed by atoms with Gasteiger partial charge in [0.15, 0.2) is 0 Å². The molecule has 1 heterocycles. The summed E-state index contributed by atoms with van der Waals surface area (Å²) >= 11 is 3.39. The summed E-state index contributed by atoms with van der Waals surface area (Å²) in [6.07, 6.45) is 6.60. The van der Waals surface area contributed by atoms with E-state index >= 15 is 0 Å². The number of esters is 1. The van der Waals surface area contributed by atoms with Gasteiger partial charge in [-0.2, -0.15) is 5.10 Å². The molecule has 1 fully saturated rings. The van der Waals surface area contributed by atoms with Gasteiger partial charge < -0.3 is 4.74 Å². The van der Waals surface area contributed by atoms with Crippen LogP contribution in [0.5, 0.6) is 0 Å². The summed E-state index contributed by atoms with van der Waals surface area (Å²) < 4.78 is 8.05. The van der Waals surface area contributed by atoms with Crippen LogP contribution in [0.25, 0.3) is 0 Å². The lowest BCUT2D eigenvalue weighted by molar-refractivity contribution is -0.151. The first-order chi connectivity index (χ1) is 9.44. The summed E-state index contributed by atoms with van der Waals surface area (Å²) in [7, 11) is 0. The fourth-order valence-electron chi connectivity index (χ4n) is 2.41. The number of hydrogen-bond donors (Lipinski definition) is 1. The van der Waals surface area contributed by atoms with Crippen molar-refractivity contribution in [2.75, 3.05) is 6.61 Å². The fraction of sp³-hybridized carbons (Fsp3) is 0.714. The van der Waals surface area contributed by atoms with Crippen LogP contribution in [0.3, 0.4) is 0 Å². The number of nitrogens with zero attached hydrogens (tertiary/aromatic N) is 2. The van der Waals surface area contributed by atoms with Gasteiger partial charge in [0.05, 0.1) is 23.3 Å². The van der Waals surface area contributed by atoms with Crippen LogP contribution < -0.4 is 5.32 Å². The zero-order valence-electron chi connectivity index (χ0n) is 12.2. The summed E-state index contributed by atoms with van der Waals surface area (Å²) in [6, 6.07) is 0.558. The Morgan fingerprint density at radius 3 is 2.90 bits per heavy atom. The van der Waals surface area contributed by atoms with Gasteiger partial charge in [-0.05, 0) is 56.0 Å². The van der Waals surface area contributed by atoms with Crippen molar-refractivity contribution in [1.29, 1.82) is 0 Å². The van der Waals surface area contributed by atoms with Gasteiger partial charge in [0.2, 0.25) is 0 Å². The molecule has 1 aromatic heterocycles. The van der Waals surface area contributed by atoms with Crippen LogP contribution in [-0.2, 0) is 9.53 Å². The lowest BCUT2D eigenvalue weighted by Gasteiger charge is -2.31. The Labute approximate surface area is 128 Å². The van der Waals surface area contributed by atoms with E-state index in [1.807, 2.05) is 24.7 Å². The Hall–Kier alpha value is -0.880. The molecule has 1 saturated carbocycles. The Morgan fingerprint density at radius 2 is 2.40 bits per heavy atom. The lowest BCUT2D eigenvalue weighted by atomic mass is 9.93. The van der Waals surface area contributed by atoms with Gasteiger partial charge in [-0.1, -0.05) is 0 Å². The average molecular weight is 344 g/mol. The Kier molecular flexibility index (Phi) is 4.86. The Balaban J connectivity index is 2.07. The zero-order valence-corrected chi connectivity index (χ0v) is 13.8. The molecular weight excluding hydrogens is 322 g/mol. The number of carbonyl (C=O) groups is 1. The molecule has 0 saturated heterocycles. The molecule has 1 aliphatic rings. The quantitative estimate of drug-likeness (QED) is 0.773. The summed E-state index contributed by atoms with van der Waals surface area (Å²) in [6.45, 7) is 6.23. The van der Waals surface area contributed by atoms with E-state index in [4.69, 9.17) is 4.74 Å². The van der Waals surface area contributed by atoms with Crippen LogP contribution >= 0.6 is 15.9 Å². The van der Waals surface area contributed by atoms with Crippen LogP contribution in [-0.4, -0.2) is 33.9 Å². The Bertz CT molecular complexity index is 473. The molecule has 2 rings (SSSR count). The van der Waals surface area contributed by atoms with Crippen molar-refractivity contribution < 1.29 is 9.53 Å². The molecule has 1 aromatic rings. The SMILES string of the molecule is CCOC(=O)C(C)(CC(C)n1cc(Br)cn1)NC1CC1. The van der Waals surface area contributed by atoms with Crippen molar-refractivity contribution in [2.24, 2.45) is 0 Å². The second-order valence-electron chi connectivity index (χ2n) is 5.66. The molecule has 1 aliphatic carbocycles. The highest BCUT2D eigenvalue weighted by Gasteiger charge is 2.41. The van der Waals surface area contributed by atoms with Gasteiger partial charge in [-0.15, -0.1) is 0 Å². The molecular formula is C14H22BrN3O2. The van der Waals surface area contributed by atoms with Crippen molar-refractivity contribution in [3.8, 4) is 0 Å². The fourth-order valence-corrected chi connectivity index (χ4v) is 2.71. The van der Waals surface area contributed by atoms with Gasteiger partial charge in [0.25, 0.3) is 0 Å². The first-order valence-electron chi connectivity index (χ1n) is 7.09. The van der Waals surface area contributed by atoms with Crippen LogP contribution in [0.15, 0.2) is 16.9 Å². The molecule has 0 aliphatic heterocycles. The normalized spacial score (nSPS) is 19.4. The predicted octanol–water partition coefficient (Wildman–Crippen LogP) is 2.67. The predicted molar refractivity (Wildman–Crippen MR) is 80.5 cm³/mol. The van der Waals surface area contributed by atoms with E-state index in [1.54, 1.807) is 6.20 Å². The number of aromatic nitrogens is 2. The van der Waals surface area contributed by atoms with E-state index < -0.39 is 5.54 Å². The number of halogens is 1. The van der Waals surface area contributed by atoms with E-state index in [2.05, 4.69) is 33.3 Å². The van der Waals surface area contributed by atoms with E-state index in [9.17, 15) is 4.79 Å².